The molecule has 2 aromatic carbocycles. The maximum Gasteiger partial charge on any atom is 0.339 e. The Balaban J connectivity index is 1.78. The van der Waals surface area contributed by atoms with Crippen LogP contribution in [0.5, 0.6) is 0 Å². The van der Waals surface area contributed by atoms with Gasteiger partial charge in [-0.25, -0.2) is 4.79 Å². The molecule has 6 nitrogen and oxygen atoms in total. The number of rotatable bonds is 7. The number of carbonyl (C=O) groups excluding carboxylic acids is 4. The number of ether oxygens (including phenoxy) is 1. The third-order valence-electron chi connectivity index (χ3n) is 4.83. The SMILES string of the molecule is CC(=O)c1c(C)[nH]c(C(=O)COC(=O)c2ccccc2C(=O)c2ccccc2)c1C. The molecule has 1 aromatic heterocycles. The molecule has 152 valence electrons. The zero-order valence-corrected chi connectivity index (χ0v) is 16.9. The van der Waals surface area contributed by atoms with Crippen molar-refractivity contribution in [3.63, 3.8) is 0 Å². The van der Waals surface area contributed by atoms with Crippen molar-refractivity contribution in [1.29, 1.82) is 0 Å². The molecule has 0 spiro atoms. The van der Waals surface area contributed by atoms with Gasteiger partial charge in [0.2, 0.25) is 5.78 Å². The lowest BCUT2D eigenvalue weighted by molar-refractivity contribution is 0.0471. The number of esters is 1. The van der Waals surface area contributed by atoms with Gasteiger partial charge in [-0.3, -0.25) is 14.4 Å². The molecule has 0 saturated carbocycles. The van der Waals surface area contributed by atoms with Gasteiger partial charge in [0.25, 0.3) is 0 Å². The smallest absolute Gasteiger partial charge is 0.339 e. The molecule has 1 N–H and O–H groups in total. The van der Waals surface area contributed by atoms with Gasteiger partial charge in [-0.2, -0.15) is 0 Å². The van der Waals surface area contributed by atoms with Crippen LogP contribution in [0.3, 0.4) is 0 Å². The van der Waals surface area contributed by atoms with Crippen LogP contribution >= 0.6 is 0 Å². The van der Waals surface area contributed by atoms with E-state index in [0.717, 1.165) is 0 Å². The van der Waals surface area contributed by atoms with Crippen LogP contribution in [0.2, 0.25) is 0 Å². The lowest BCUT2D eigenvalue weighted by Gasteiger charge is -2.09. The van der Waals surface area contributed by atoms with Crippen LogP contribution in [0.4, 0.5) is 0 Å². The Labute approximate surface area is 173 Å². The first-order valence-corrected chi connectivity index (χ1v) is 9.40. The van der Waals surface area contributed by atoms with Crippen LogP contribution in [-0.2, 0) is 4.74 Å². The van der Waals surface area contributed by atoms with Crippen molar-refractivity contribution >= 4 is 23.3 Å². The molecule has 0 fully saturated rings. The predicted octanol–water partition coefficient (Wildman–Crippen LogP) is 4.10. The Morgan fingerprint density at radius 2 is 1.47 bits per heavy atom. The van der Waals surface area contributed by atoms with Gasteiger partial charge in [0.1, 0.15) is 0 Å². The van der Waals surface area contributed by atoms with Gasteiger partial charge in [-0.1, -0.05) is 48.5 Å². The molecule has 0 unspecified atom stereocenters. The second kappa shape index (κ2) is 8.69. The third-order valence-corrected chi connectivity index (χ3v) is 4.83. The zero-order chi connectivity index (χ0) is 21.8. The number of aromatic amines is 1. The summed E-state index contributed by atoms with van der Waals surface area (Å²) < 4.78 is 5.19. The molecule has 0 aliphatic heterocycles. The molecule has 0 aliphatic carbocycles. The quantitative estimate of drug-likeness (QED) is 0.473. The van der Waals surface area contributed by atoms with Gasteiger partial charge in [0.05, 0.1) is 11.3 Å². The standard InChI is InChI=1S/C24H21NO5/c1-14-21(16(3)26)15(2)25-22(14)20(27)13-30-24(29)19-12-8-7-11-18(19)23(28)17-9-5-4-6-10-17/h4-12,25H,13H2,1-3H3. The highest BCUT2D eigenvalue weighted by atomic mass is 16.5. The van der Waals surface area contributed by atoms with Crippen LogP contribution in [-0.4, -0.2) is 34.9 Å². The molecule has 30 heavy (non-hydrogen) atoms. The Kier molecular flexibility index (Phi) is 6.06. The lowest BCUT2D eigenvalue weighted by atomic mass is 9.98. The van der Waals surface area contributed by atoms with E-state index in [0.29, 0.717) is 22.4 Å². The Hall–Kier alpha value is -3.80. The first kappa shape index (κ1) is 20.9. The van der Waals surface area contributed by atoms with Crippen molar-refractivity contribution in [2.24, 2.45) is 0 Å². The zero-order valence-electron chi connectivity index (χ0n) is 16.9. The summed E-state index contributed by atoms with van der Waals surface area (Å²) in [6.07, 6.45) is 0. The fraction of sp³-hybridized carbons (Fsp3) is 0.167. The van der Waals surface area contributed by atoms with E-state index in [1.54, 1.807) is 62.4 Å². The molecule has 0 atom stereocenters. The highest BCUT2D eigenvalue weighted by Crippen LogP contribution is 2.20. The molecule has 6 heteroatoms. The summed E-state index contributed by atoms with van der Waals surface area (Å²) in [4.78, 5) is 52.6. The van der Waals surface area contributed by atoms with E-state index in [4.69, 9.17) is 4.74 Å². The topological polar surface area (TPSA) is 93.3 Å². The van der Waals surface area contributed by atoms with Crippen LogP contribution in [0.1, 0.15) is 65.3 Å². The van der Waals surface area contributed by atoms with Gasteiger partial charge in [0.15, 0.2) is 18.2 Å². The Morgan fingerprint density at radius 1 is 0.867 bits per heavy atom. The predicted molar refractivity (Wildman–Crippen MR) is 111 cm³/mol. The molecule has 3 rings (SSSR count). The minimum absolute atomic E-state index is 0.0861. The van der Waals surface area contributed by atoms with Gasteiger partial charge < -0.3 is 9.72 Å². The van der Waals surface area contributed by atoms with Crippen LogP contribution in [0.25, 0.3) is 0 Å². The monoisotopic (exact) mass is 403 g/mol. The van der Waals surface area contributed by atoms with E-state index < -0.39 is 18.4 Å². The summed E-state index contributed by atoms with van der Waals surface area (Å²) in [6.45, 7) is 4.30. The molecule has 0 radical (unpaired) electrons. The lowest BCUT2D eigenvalue weighted by Crippen LogP contribution is -2.18. The van der Waals surface area contributed by atoms with Gasteiger partial charge >= 0.3 is 5.97 Å². The van der Waals surface area contributed by atoms with Crippen LogP contribution in [0, 0.1) is 13.8 Å². The van der Waals surface area contributed by atoms with Gasteiger partial charge in [-0.05, 0) is 32.4 Å². The molecular formula is C24H21NO5. The number of hydrogen-bond donors (Lipinski definition) is 1. The number of carbonyl (C=O) groups is 4. The maximum atomic E-state index is 12.8. The highest BCUT2D eigenvalue weighted by Gasteiger charge is 2.23. The fourth-order valence-corrected chi connectivity index (χ4v) is 3.44. The molecule has 0 amide bonds. The number of aromatic nitrogens is 1. The molecule has 0 bridgehead atoms. The first-order chi connectivity index (χ1) is 14.3. The Bertz CT molecular complexity index is 1140. The van der Waals surface area contributed by atoms with E-state index in [2.05, 4.69) is 4.98 Å². The van der Waals surface area contributed by atoms with Crippen molar-refractivity contribution < 1.29 is 23.9 Å². The summed E-state index contributed by atoms with van der Waals surface area (Å²) >= 11 is 0. The van der Waals surface area contributed by atoms with Crippen molar-refractivity contribution in [3.8, 4) is 0 Å². The van der Waals surface area contributed by atoms with E-state index in [-0.39, 0.29) is 28.4 Å². The average molecular weight is 403 g/mol. The van der Waals surface area contributed by atoms with Crippen molar-refractivity contribution in [3.05, 3.63) is 93.8 Å². The van der Waals surface area contributed by atoms with Gasteiger partial charge in [0, 0.05) is 22.4 Å². The Morgan fingerprint density at radius 3 is 2.07 bits per heavy atom. The fourth-order valence-electron chi connectivity index (χ4n) is 3.44. The summed E-state index contributed by atoms with van der Waals surface area (Å²) in [6, 6.07) is 14.9. The van der Waals surface area contributed by atoms with E-state index in [9.17, 15) is 19.2 Å². The van der Waals surface area contributed by atoms with E-state index >= 15 is 0 Å². The molecular weight excluding hydrogens is 382 g/mol. The minimum atomic E-state index is -0.768. The first-order valence-electron chi connectivity index (χ1n) is 9.40. The van der Waals surface area contributed by atoms with Crippen molar-refractivity contribution in [2.45, 2.75) is 20.8 Å². The largest absolute Gasteiger partial charge is 0.454 e. The molecule has 3 aromatic rings. The molecule has 0 saturated heterocycles. The number of nitrogens with one attached hydrogen (secondary N) is 1. The van der Waals surface area contributed by atoms with Crippen molar-refractivity contribution in [1.82, 2.24) is 4.98 Å². The number of aryl methyl sites for hydroxylation is 1. The second-order valence-corrected chi connectivity index (χ2v) is 6.92. The number of benzene rings is 2. The summed E-state index contributed by atoms with van der Waals surface area (Å²) in [5, 5.41) is 0. The average Bonchev–Trinajstić information content (AvgIpc) is 3.06. The van der Waals surface area contributed by atoms with E-state index in [1.807, 2.05) is 0 Å². The number of H-pyrrole nitrogens is 1. The maximum absolute atomic E-state index is 12.8. The minimum Gasteiger partial charge on any atom is -0.454 e. The molecule has 0 aliphatic rings. The third kappa shape index (κ3) is 4.12. The molecule has 1 heterocycles. The number of Topliss-reactive ketones (excluding diaryl/α,β-unsaturated/α-hetero) is 2. The normalized spacial score (nSPS) is 10.5. The van der Waals surface area contributed by atoms with Crippen LogP contribution < -0.4 is 0 Å². The van der Waals surface area contributed by atoms with E-state index in [1.165, 1.54) is 13.0 Å². The van der Waals surface area contributed by atoms with Gasteiger partial charge in [-0.15, -0.1) is 0 Å². The number of ketones is 3. The summed E-state index contributed by atoms with van der Waals surface area (Å²) in [7, 11) is 0. The van der Waals surface area contributed by atoms with Crippen molar-refractivity contribution in [2.75, 3.05) is 6.61 Å². The second-order valence-electron chi connectivity index (χ2n) is 6.92. The highest BCUT2D eigenvalue weighted by molar-refractivity contribution is 6.14. The summed E-state index contributed by atoms with van der Waals surface area (Å²) in [5.41, 5.74) is 2.55. The van der Waals surface area contributed by atoms with Crippen LogP contribution in [0.15, 0.2) is 54.6 Å². The summed E-state index contributed by atoms with van der Waals surface area (Å²) in [5.74, 6) is -1.68. The number of hydrogen-bond acceptors (Lipinski definition) is 5.